The highest BCUT2D eigenvalue weighted by Gasteiger charge is 2.25. The molecule has 1 amide bonds. The molecular weight excluding hydrogens is 623 g/mol. The summed E-state index contributed by atoms with van der Waals surface area (Å²) in [5, 5.41) is 12.0. The lowest BCUT2D eigenvalue weighted by Gasteiger charge is -2.24. The van der Waals surface area contributed by atoms with Crippen LogP contribution in [-0.4, -0.2) is 42.5 Å². The number of carbonyl (C=O) groups is 1. The van der Waals surface area contributed by atoms with Gasteiger partial charge in [0.15, 0.2) is 10.8 Å². The number of carbonyl (C=O) groups excluding carboxylic acids is 1. The predicted octanol–water partition coefficient (Wildman–Crippen LogP) is 5.64. The van der Waals surface area contributed by atoms with Gasteiger partial charge in [0.2, 0.25) is 5.91 Å². The van der Waals surface area contributed by atoms with E-state index in [1.807, 2.05) is 86.0 Å². The van der Waals surface area contributed by atoms with Crippen LogP contribution in [0.15, 0.2) is 106 Å². The number of nitrogens with zero attached hydrogens (tertiary/aromatic N) is 5. The average Bonchev–Trinajstić information content (AvgIpc) is 3.47. The Bertz CT molecular complexity index is 2220. The third kappa shape index (κ3) is 6.68. The molecule has 0 aliphatic rings. The number of aryl methyl sites for hydroxylation is 2. The Hall–Kier alpha value is -5.42. The van der Waals surface area contributed by atoms with Crippen LogP contribution in [0.25, 0.3) is 16.5 Å². The van der Waals surface area contributed by atoms with E-state index in [-0.39, 0.29) is 36.3 Å². The van der Waals surface area contributed by atoms with Crippen LogP contribution in [0.2, 0.25) is 0 Å². The van der Waals surface area contributed by atoms with E-state index in [4.69, 9.17) is 5.73 Å². The first kappa shape index (κ1) is 32.5. The molecule has 0 saturated heterocycles. The molecule has 0 aliphatic carbocycles. The van der Waals surface area contributed by atoms with Crippen molar-refractivity contribution < 1.29 is 4.79 Å². The number of aromatic nitrogens is 5. The van der Waals surface area contributed by atoms with E-state index < -0.39 is 11.2 Å². The fourth-order valence-corrected chi connectivity index (χ4v) is 6.81. The Labute approximate surface area is 282 Å². The summed E-state index contributed by atoms with van der Waals surface area (Å²) < 4.78 is 3.30. The van der Waals surface area contributed by atoms with Crippen molar-refractivity contribution in [2.24, 2.45) is 0 Å². The minimum absolute atomic E-state index is 0.0337. The van der Waals surface area contributed by atoms with E-state index in [1.165, 1.54) is 21.2 Å². The van der Waals surface area contributed by atoms with Gasteiger partial charge in [-0.05, 0) is 53.8 Å². The summed E-state index contributed by atoms with van der Waals surface area (Å²) in [7, 11) is 0. The molecule has 244 valence electrons. The maximum atomic E-state index is 13.9. The van der Waals surface area contributed by atoms with Crippen LogP contribution in [0, 0.1) is 13.8 Å². The van der Waals surface area contributed by atoms with Gasteiger partial charge in [0.25, 0.3) is 5.56 Å². The van der Waals surface area contributed by atoms with Gasteiger partial charge in [-0.3, -0.25) is 23.7 Å². The second kappa shape index (κ2) is 14.1. The molecule has 6 aromatic rings. The van der Waals surface area contributed by atoms with Crippen molar-refractivity contribution >= 4 is 39.9 Å². The van der Waals surface area contributed by atoms with Crippen molar-refractivity contribution in [2.45, 2.75) is 45.3 Å². The van der Waals surface area contributed by atoms with Crippen molar-refractivity contribution in [2.75, 3.05) is 22.9 Å². The first-order valence-electron chi connectivity index (χ1n) is 15.8. The Balaban J connectivity index is 1.33. The SMILES string of the molecule is CCCN(C(=O)CSc1nnc(Cc2cccc3ccccc23)n1-c1ccc(C)cc1C)c1c(N)n(Cc2ccccc2)c(=O)[nH]c1=O. The molecule has 4 aromatic carbocycles. The summed E-state index contributed by atoms with van der Waals surface area (Å²) in [6, 6.07) is 30.0. The molecule has 3 N–H and O–H groups in total. The Morgan fingerprint density at radius 3 is 2.46 bits per heavy atom. The molecule has 11 heteroatoms. The molecule has 2 aromatic heterocycles. The van der Waals surface area contributed by atoms with Crippen LogP contribution >= 0.6 is 11.8 Å². The first-order chi connectivity index (χ1) is 23.2. The largest absolute Gasteiger partial charge is 0.383 e. The van der Waals surface area contributed by atoms with Gasteiger partial charge >= 0.3 is 5.69 Å². The summed E-state index contributed by atoms with van der Waals surface area (Å²) in [6.07, 6.45) is 1.11. The van der Waals surface area contributed by atoms with Crippen LogP contribution in [0.1, 0.15) is 41.4 Å². The number of fused-ring (bicyclic) bond motifs is 1. The zero-order valence-corrected chi connectivity index (χ0v) is 28.0. The summed E-state index contributed by atoms with van der Waals surface area (Å²) in [4.78, 5) is 43.6. The number of thioether (sulfide) groups is 1. The monoisotopic (exact) mass is 659 g/mol. The number of rotatable bonds is 11. The lowest BCUT2D eigenvalue weighted by atomic mass is 10.0. The number of nitrogens with two attached hydrogens (primary N) is 1. The summed E-state index contributed by atoms with van der Waals surface area (Å²) in [5.41, 5.74) is 10.2. The van der Waals surface area contributed by atoms with Crippen LogP contribution < -0.4 is 21.9 Å². The highest BCUT2D eigenvalue weighted by Crippen LogP contribution is 2.29. The van der Waals surface area contributed by atoms with Crippen LogP contribution in [0.4, 0.5) is 11.5 Å². The van der Waals surface area contributed by atoms with E-state index in [1.54, 1.807) is 0 Å². The van der Waals surface area contributed by atoms with Gasteiger partial charge in [-0.15, -0.1) is 10.2 Å². The van der Waals surface area contributed by atoms with E-state index in [9.17, 15) is 14.4 Å². The molecule has 0 aliphatic heterocycles. The molecule has 0 fully saturated rings. The van der Waals surface area contributed by atoms with Gasteiger partial charge in [-0.25, -0.2) is 4.79 Å². The van der Waals surface area contributed by atoms with Crippen LogP contribution in [-0.2, 0) is 17.8 Å². The maximum Gasteiger partial charge on any atom is 0.330 e. The number of hydrogen-bond acceptors (Lipinski definition) is 7. The normalized spacial score (nSPS) is 11.2. The molecular formula is C37H37N7O3S. The molecule has 0 atom stereocenters. The predicted molar refractivity (Wildman–Crippen MR) is 192 cm³/mol. The highest BCUT2D eigenvalue weighted by atomic mass is 32.2. The summed E-state index contributed by atoms with van der Waals surface area (Å²) in [6.45, 7) is 6.40. The van der Waals surface area contributed by atoms with Crippen LogP contribution in [0.5, 0.6) is 0 Å². The van der Waals surface area contributed by atoms with Gasteiger partial charge in [0.1, 0.15) is 11.6 Å². The highest BCUT2D eigenvalue weighted by molar-refractivity contribution is 7.99. The molecule has 0 unspecified atom stereocenters. The number of benzene rings is 4. The van der Waals surface area contributed by atoms with E-state index in [2.05, 4.69) is 45.5 Å². The molecule has 6 rings (SSSR count). The van der Waals surface area contributed by atoms with Crippen molar-refractivity contribution in [3.63, 3.8) is 0 Å². The van der Waals surface area contributed by atoms with Gasteiger partial charge in [0, 0.05) is 13.0 Å². The number of hydrogen-bond donors (Lipinski definition) is 2. The number of amides is 1. The number of nitrogen functional groups attached to an aromatic ring is 1. The third-order valence-electron chi connectivity index (χ3n) is 8.26. The number of H-pyrrole nitrogens is 1. The van der Waals surface area contributed by atoms with Crippen molar-refractivity contribution in [3.8, 4) is 5.69 Å². The fourth-order valence-electron chi connectivity index (χ4n) is 5.97. The second-order valence-electron chi connectivity index (χ2n) is 11.7. The summed E-state index contributed by atoms with van der Waals surface area (Å²) >= 11 is 1.25. The Kier molecular flexibility index (Phi) is 9.58. The molecule has 0 spiro atoms. The zero-order valence-electron chi connectivity index (χ0n) is 27.1. The lowest BCUT2D eigenvalue weighted by molar-refractivity contribution is -0.116. The fraction of sp³-hybridized carbons (Fsp3) is 0.216. The molecule has 48 heavy (non-hydrogen) atoms. The lowest BCUT2D eigenvalue weighted by Crippen LogP contribution is -2.42. The third-order valence-corrected chi connectivity index (χ3v) is 9.18. The molecule has 0 radical (unpaired) electrons. The molecule has 2 heterocycles. The average molecular weight is 660 g/mol. The zero-order chi connectivity index (χ0) is 33.8. The number of nitrogens with one attached hydrogen (secondary N) is 1. The van der Waals surface area contributed by atoms with E-state index >= 15 is 0 Å². The molecule has 0 bridgehead atoms. The van der Waals surface area contributed by atoms with Gasteiger partial charge in [-0.1, -0.05) is 109 Å². The topological polar surface area (TPSA) is 132 Å². The van der Waals surface area contributed by atoms with Crippen molar-refractivity contribution in [3.05, 3.63) is 140 Å². The standard InChI is InChI=1S/C37H37N7O3S/c1-4-19-42(33-34(38)43(36(47)39-35(33)46)22-26-11-6-5-7-12-26)32(45)23-48-37-41-40-31(44(37)30-18-17-24(2)20-25(30)3)21-28-15-10-14-27-13-8-9-16-29(27)28/h5-18,20H,4,19,21-23,38H2,1-3H3,(H,39,46,47). The Morgan fingerprint density at radius 1 is 0.938 bits per heavy atom. The Morgan fingerprint density at radius 2 is 1.69 bits per heavy atom. The molecule has 10 nitrogen and oxygen atoms in total. The van der Waals surface area contributed by atoms with Crippen LogP contribution in [0.3, 0.4) is 0 Å². The molecule has 0 saturated carbocycles. The van der Waals surface area contributed by atoms with Crippen molar-refractivity contribution in [1.29, 1.82) is 0 Å². The minimum atomic E-state index is -0.704. The van der Waals surface area contributed by atoms with Gasteiger partial charge in [0.05, 0.1) is 18.0 Å². The van der Waals surface area contributed by atoms with E-state index in [0.717, 1.165) is 44.5 Å². The van der Waals surface area contributed by atoms with E-state index in [0.29, 0.717) is 18.0 Å². The maximum absolute atomic E-state index is 13.9. The number of aromatic amines is 1. The smallest absolute Gasteiger partial charge is 0.330 e. The van der Waals surface area contributed by atoms with Gasteiger partial charge < -0.3 is 10.6 Å². The van der Waals surface area contributed by atoms with Gasteiger partial charge in [-0.2, -0.15) is 0 Å². The quantitative estimate of drug-likeness (QED) is 0.172. The summed E-state index contributed by atoms with van der Waals surface area (Å²) in [5.74, 6) is 0.311. The first-order valence-corrected chi connectivity index (χ1v) is 16.8. The van der Waals surface area contributed by atoms with Crippen molar-refractivity contribution in [1.82, 2.24) is 24.3 Å². The minimum Gasteiger partial charge on any atom is -0.383 e. The second-order valence-corrected chi connectivity index (χ2v) is 12.7. The number of anilines is 2.